The maximum Gasteiger partial charge on any atom is 0.135 e. The van der Waals surface area contributed by atoms with E-state index in [0.29, 0.717) is 16.3 Å². The van der Waals surface area contributed by atoms with Crippen LogP contribution < -0.4 is 0 Å². The van der Waals surface area contributed by atoms with Crippen LogP contribution in [0.25, 0.3) is 0 Å². The van der Waals surface area contributed by atoms with Gasteiger partial charge in [0.2, 0.25) is 0 Å². The summed E-state index contributed by atoms with van der Waals surface area (Å²) in [5.41, 5.74) is 1.08. The molecule has 0 saturated carbocycles. The zero-order valence-corrected chi connectivity index (χ0v) is 12.3. The van der Waals surface area contributed by atoms with Crippen LogP contribution in [0.3, 0.4) is 0 Å². The van der Waals surface area contributed by atoms with Gasteiger partial charge in [-0.05, 0) is 31.9 Å². The molecule has 2 heterocycles. The molecule has 0 N–H and O–H groups in total. The highest BCUT2D eigenvalue weighted by Crippen LogP contribution is 2.24. The molecule has 0 aliphatic carbocycles. The molecule has 0 aromatic carbocycles. The monoisotopic (exact) mass is 286 g/mol. The van der Waals surface area contributed by atoms with Crippen LogP contribution in [0.1, 0.15) is 44.6 Å². The van der Waals surface area contributed by atoms with E-state index in [1.165, 1.54) is 32.1 Å². The minimum Gasteiger partial charge on any atom is -0.296 e. The van der Waals surface area contributed by atoms with E-state index >= 15 is 0 Å². The van der Waals surface area contributed by atoms with Gasteiger partial charge < -0.3 is 0 Å². The van der Waals surface area contributed by atoms with Gasteiger partial charge in [0.05, 0.1) is 0 Å². The van der Waals surface area contributed by atoms with Crippen molar-refractivity contribution in [2.75, 3.05) is 6.54 Å². The molecular weight excluding hydrogens is 267 g/mol. The van der Waals surface area contributed by atoms with Crippen LogP contribution in [0, 0.1) is 0 Å². The van der Waals surface area contributed by atoms with Crippen LogP contribution in [0.5, 0.6) is 0 Å². The zero-order chi connectivity index (χ0) is 13.0. The highest BCUT2D eigenvalue weighted by Gasteiger charge is 2.20. The molecule has 1 aromatic heterocycles. The van der Waals surface area contributed by atoms with Crippen molar-refractivity contribution in [3.05, 3.63) is 28.0 Å². The number of hydrogen-bond acceptors (Lipinski definition) is 2. The first-order valence-corrected chi connectivity index (χ1v) is 7.51. The fraction of sp³-hybridized carbons (Fsp3) is 0.643. The van der Waals surface area contributed by atoms with E-state index in [1.807, 2.05) is 12.1 Å². The Bertz CT molecular complexity index is 395. The molecule has 1 aromatic rings. The molecule has 4 heteroatoms. The highest BCUT2D eigenvalue weighted by molar-refractivity contribution is 6.32. The Morgan fingerprint density at radius 1 is 1.28 bits per heavy atom. The second-order valence-corrected chi connectivity index (χ2v) is 5.71. The van der Waals surface area contributed by atoms with Crippen LogP contribution in [0.15, 0.2) is 12.1 Å². The van der Waals surface area contributed by atoms with Crippen molar-refractivity contribution < 1.29 is 0 Å². The summed E-state index contributed by atoms with van der Waals surface area (Å²) in [7, 11) is 0. The van der Waals surface area contributed by atoms with Gasteiger partial charge in [-0.25, -0.2) is 4.98 Å². The molecule has 0 spiro atoms. The third kappa shape index (κ3) is 3.59. The van der Waals surface area contributed by atoms with Crippen molar-refractivity contribution >= 4 is 23.2 Å². The molecule has 2 nitrogen and oxygen atoms in total. The van der Waals surface area contributed by atoms with E-state index in [0.717, 1.165) is 18.7 Å². The number of halogens is 2. The number of nitrogens with zero attached hydrogens (tertiary/aromatic N) is 2. The Morgan fingerprint density at radius 2 is 2.11 bits per heavy atom. The van der Waals surface area contributed by atoms with Gasteiger partial charge in [-0.2, -0.15) is 0 Å². The lowest BCUT2D eigenvalue weighted by atomic mass is 10.1. The van der Waals surface area contributed by atoms with Gasteiger partial charge >= 0.3 is 0 Å². The summed E-state index contributed by atoms with van der Waals surface area (Å²) in [4.78, 5) is 6.66. The lowest BCUT2D eigenvalue weighted by Crippen LogP contribution is -2.33. The summed E-state index contributed by atoms with van der Waals surface area (Å²) in [6.45, 7) is 4.32. The Hall–Kier alpha value is -0.310. The second kappa shape index (κ2) is 6.74. The first kappa shape index (κ1) is 14.1. The molecule has 2 rings (SSSR count). The molecule has 0 amide bonds. The van der Waals surface area contributed by atoms with Crippen LogP contribution in [-0.4, -0.2) is 22.5 Å². The van der Waals surface area contributed by atoms with Crippen molar-refractivity contribution in [2.45, 2.75) is 51.6 Å². The second-order valence-electron chi connectivity index (χ2n) is 4.97. The van der Waals surface area contributed by atoms with Gasteiger partial charge in [0.15, 0.2) is 0 Å². The third-order valence-electron chi connectivity index (χ3n) is 3.74. The molecule has 0 bridgehead atoms. The lowest BCUT2D eigenvalue weighted by Gasteiger charge is -2.29. The van der Waals surface area contributed by atoms with Gasteiger partial charge in [0.1, 0.15) is 10.3 Å². The first-order chi connectivity index (χ1) is 8.70. The molecule has 1 aliphatic heterocycles. The summed E-state index contributed by atoms with van der Waals surface area (Å²) < 4.78 is 0. The normalized spacial score (nSPS) is 21.8. The quantitative estimate of drug-likeness (QED) is 0.758. The smallest absolute Gasteiger partial charge is 0.135 e. The van der Waals surface area contributed by atoms with E-state index in [4.69, 9.17) is 23.2 Å². The van der Waals surface area contributed by atoms with Gasteiger partial charge in [0, 0.05) is 18.2 Å². The van der Waals surface area contributed by atoms with Crippen LogP contribution >= 0.6 is 23.2 Å². The number of pyridine rings is 1. The van der Waals surface area contributed by atoms with Crippen molar-refractivity contribution in [3.8, 4) is 0 Å². The fourth-order valence-corrected chi connectivity index (χ4v) is 3.09. The summed E-state index contributed by atoms with van der Waals surface area (Å²) in [5.74, 6) is 0. The largest absolute Gasteiger partial charge is 0.296 e. The molecule has 1 unspecified atom stereocenters. The number of likely N-dealkylation sites (tertiary alicyclic amines) is 1. The lowest BCUT2D eigenvalue weighted by molar-refractivity contribution is 0.186. The molecule has 1 saturated heterocycles. The predicted octanol–water partition coefficient (Wildman–Crippen LogP) is 4.54. The van der Waals surface area contributed by atoms with Crippen molar-refractivity contribution in [1.29, 1.82) is 0 Å². The SMILES string of the molecule is CCC1CCCCCN1Cc1ccc(Cl)nc1Cl. The number of aromatic nitrogens is 1. The average Bonchev–Trinajstić information content (AvgIpc) is 2.57. The minimum atomic E-state index is 0.464. The van der Waals surface area contributed by atoms with E-state index in [1.54, 1.807) is 0 Å². The van der Waals surface area contributed by atoms with Gasteiger partial charge in [-0.3, -0.25) is 4.90 Å². The first-order valence-electron chi connectivity index (χ1n) is 6.75. The topological polar surface area (TPSA) is 16.1 Å². The molecule has 100 valence electrons. The van der Waals surface area contributed by atoms with Crippen LogP contribution in [0.4, 0.5) is 0 Å². The Balaban J connectivity index is 2.10. The Morgan fingerprint density at radius 3 is 2.83 bits per heavy atom. The molecule has 1 fully saturated rings. The standard InChI is InChI=1S/C14H20Cl2N2/c1-2-12-6-4-3-5-9-18(12)10-11-7-8-13(15)17-14(11)16/h7-8,12H,2-6,9-10H2,1H3. The van der Waals surface area contributed by atoms with E-state index in [-0.39, 0.29) is 0 Å². The fourth-order valence-electron chi connectivity index (χ4n) is 2.68. The minimum absolute atomic E-state index is 0.464. The highest BCUT2D eigenvalue weighted by atomic mass is 35.5. The van der Waals surface area contributed by atoms with Crippen LogP contribution in [0.2, 0.25) is 10.3 Å². The Labute approximate surface area is 119 Å². The molecule has 0 radical (unpaired) electrons. The van der Waals surface area contributed by atoms with Gasteiger partial charge in [-0.15, -0.1) is 0 Å². The third-order valence-corrected chi connectivity index (χ3v) is 4.27. The average molecular weight is 287 g/mol. The van der Waals surface area contributed by atoms with Crippen molar-refractivity contribution in [3.63, 3.8) is 0 Å². The maximum absolute atomic E-state index is 6.16. The summed E-state index contributed by atoms with van der Waals surface area (Å²) in [6, 6.07) is 4.50. The molecular formula is C14H20Cl2N2. The van der Waals surface area contributed by atoms with Crippen molar-refractivity contribution in [2.24, 2.45) is 0 Å². The Kier molecular flexibility index (Phi) is 5.28. The van der Waals surface area contributed by atoms with E-state index in [9.17, 15) is 0 Å². The van der Waals surface area contributed by atoms with Crippen molar-refractivity contribution in [1.82, 2.24) is 9.88 Å². The molecule has 1 aliphatic rings. The maximum atomic E-state index is 6.16. The molecule has 1 atom stereocenters. The summed E-state index contributed by atoms with van der Waals surface area (Å²) in [6.07, 6.45) is 6.49. The predicted molar refractivity (Wildman–Crippen MR) is 77.2 cm³/mol. The summed E-state index contributed by atoms with van der Waals surface area (Å²) in [5, 5.41) is 1.01. The zero-order valence-electron chi connectivity index (χ0n) is 10.8. The number of hydrogen-bond donors (Lipinski definition) is 0. The van der Waals surface area contributed by atoms with E-state index < -0.39 is 0 Å². The summed E-state index contributed by atoms with van der Waals surface area (Å²) >= 11 is 12.0. The van der Waals surface area contributed by atoms with Crippen LogP contribution in [-0.2, 0) is 6.54 Å². The molecule has 18 heavy (non-hydrogen) atoms. The van der Waals surface area contributed by atoms with Gasteiger partial charge in [-0.1, -0.05) is 49.0 Å². The van der Waals surface area contributed by atoms with E-state index in [2.05, 4.69) is 16.8 Å². The van der Waals surface area contributed by atoms with Gasteiger partial charge in [0.25, 0.3) is 0 Å². The number of rotatable bonds is 3.